The van der Waals surface area contributed by atoms with Crippen molar-refractivity contribution >= 4 is 27.5 Å². The van der Waals surface area contributed by atoms with Gasteiger partial charge in [-0.1, -0.05) is 27.5 Å². The minimum absolute atomic E-state index is 0.155. The van der Waals surface area contributed by atoms with Crippen LogP contribution in [0.3, 0.4) is 0 Å². The molecule has 0 fully saturated rings. The minimum Gasteiger partial charge on any atom is -0.313 e. The fourth-order valence-corrected chi connectivity index (χ4v) is 2.07. The molecular weight excluding hydrogens is 330 g/mol. The molecule has 0 aliphatic rings. The van der Waals surface area contributed by atoms with Crippen LogP contribution in [-0.2, 0) is 6.54 Å². The van der Waals surface area contributed by atoms with Crippen molar-refractivity contribution in [1.29, 1.82) is 0 Å². The number of alkyl halides is 3. The van der Waals surface area contributed by atoms with Crippen LogP contribution in [0.5, 0.6) is 0 Å². The maximum absolute atomic E-state index is 11.9. The van der Waals surface area contributed by atoms with Gasteiger partial charge in [-0.15, -0.1) is 0 Å². The molecule has 0 aromatic heterocycles. The second-order valence-electron chi connectivity index (χ2n) is 3.98. The molecule has 0 radical (unpaired) electrons. The van der Waals surface area contributed by atoms with Crippen LogP contribution in [-0.4, -0.2) is 12.7 Å². The van der Waals surface area contributed by atoms with Crippen molar-refractivity contribution in [2.75, 3.05) is 6.54 Å². The zero-order chi connectivity index (χ0) is 13.6. The van der Waals surface area contributed by atoms with Crippen LogP contribution in [0, 0.1) is 0 Å². The number of unbranched alkanes of at least 4 members (excludes halogenated alkanes) is 1. The maximum Gasteiger partial charge on any atom is 0.389 e. The molecule has 1 aromatic carbocycles. The molecule has 18 heavy (non-hydrogen) atoms. The molecule has 1 rings (SSSR count). The van der Waals surface area contributed by atoms with Crippen LogP contribution >= 0.6 is 27.5 Å². The van der Waals surface area contributed by atoms with E-state index in [9.17, 15) is 13.2 Å². The summed E-state index contributed by atoms with van der Waals surface area (Å²) in [5, 5.41) is 3.74. The van der Waals surface area contributed by atoms with Crippen molar-refractivity contribution < 1.29 is 13.2 Å². The third kappa shape index (κ3) is 6.61. The van der Waals surface area contributed by atoms with Gasteiger partial charge in [0, 0.05) is 22.5 Å². The monoisotopic (exact) mass is 343 g/mol. The maximum atomic E-state index is 11.9. The smallest absolute Gasteiger partial charge is 0.313 e. The first kappa shape index (κ1) is 15.8. The van der Waals surface area contributed by atoms with Crippen molar-refractivity contribution in [3.05, 3.63) is 33.3 Å². The number of hydrogen-bond donors (Lipinski definition) is 1. The summed E-state index contributed by atoms with van der Waals surface area (Å²) < 4.78 is 36.6. The number of hydrogen-bond acceptors (Lipinski definition) is 1. The molecule has 0 aliphatic carbocycles. The molecule has 1 N–H and O–H groups in total. The average Bonchev–Trinajstić information content (AvgIpc) is 2.26. The third-order valence-corrected chi connectivity index (χ3v) is 3.25. The lowest BCUT2D eigenvalue weighted by Gasteiger charge is -2.08. The lowest BCUT2D eigenvalue weighted by Crippen LogP contribution is -2.16. The van der Waals surface area contributed by atoms with E-state index in [1.165, 1.54) is 0 Å². The molecule has 6 heteroatoms. The highest BCUT2D eigenvalue weighted by molar-refractivity contribution is 9.10. The van der Waals surface area contributed by atoms with Gasteiger partial charge in [0.05, 0.1) is 0 Å². The predicted molar refractivity (Wildman–Crippen MR) is 70.8 cm³/mol. The van der Waals surface area contributed by atoms with Crippen LogP contribution < -0.4 is 5.32 Å². The molecule has 0 bridgehead atoms. The topological polar surface area (TPSA) is 12.0 Å². The van der Waals surface area contributed by atoms with E-state index >= 15 is 0 Å². The average molecular weight is 345 g/mol. The van der Waals surface area contributed by atoms with Crippen LogP contribution in [0.15, 0.2) is 22.7 Å². The van der Waals surface area contributed by atoms with Crippen LogP contribution in [0.2, 0.25) is 5.02 Å². The van der Waals surface area contributed by atoms with E-state index in [-0.39, 0.29) is 6.42 Å². The van der Waals surface area contributed by atoms with Crippen molar-refractivity contribution in [1.82, 2.24) is 5.32 Å². The molecule has 0 heterocycles. The van der Waals surface area contributed by atoms with Crippen molar-refractivity contribution in [3.63, 3.8) is 0 Å². The Balaban J connectivity index is 2.20. The Bertz CT molecular complexity index is 382. The molecule has 1 nitrogen and oxygen atoms in total. The normalized spacial score (nSPS) is 11.8. The summed E-state index contributed by atoms with van der Waals surface area (Å²) in [6, 6.07) is 5.52. The van der Waals surface area contributed by atoms with Gasteiger partial charge in [0.1, 0.15) is 0 Å². The van der Waals surface area contributed by atoms with E-state index in [2.05, 4.69) is 21.2 Å². The number of rotatable bonds is 6. The van der Waals surface area contributed by atoms with Crippen LogP contribution in [0.4, 0.5) is 13.2 Å². The van der Waals surface area contributed by atoms with Gasteiger partial charge in [-0.2, -0.15) is 13.2 Å². The van der Waals surface area contributed by atoms with Crippen LogP contribution in [0.25, 0.3) is 0 Å². The Morgan fingerprint density at radius 2 is 1.94 bits per heavy atom. The fraction of sp³-hybridized carbons (Fsp3) is 0.500. The van der Waals surface area contributed by atoms with Gasteiger partial charge in [0.2, 0.25) is 0 Å². The summed E-state index contributed by atoms with van der Waals surface area (Å²) in [5.41, 5.74) is 0.932. The second kappa shape index (κ2) is 7.36. The van der Waals surface area contributed by atoms with Gasteiger partial charge in [-0.3, -0.25) is 0 Å². The molecule has 0 spiro atoms. The van der Waals surface area contributed by atoms with Crippen molar-refractivity contribution in [2.45, 2.75) is 32.0 Å². The Hall–Kier alpha value is -0.260. The minimum atomic E-state index is -4.05. The van der Waals surface area contributed by atoms with Gasteiger partial charge in [0.25, 0.3) is 0 Å². The molecule has 0 saturated carbocycles. The summed E-state index contributed by atoms with van der Waals surface area (Å²) in [5.74, 6) is 0. The van der Waals surface area contributed by atoms with E-state index in [1.54, 1.807) is 6.07 Å². The molecule has 0 atom stereocenters. The highest BCUT2D eigenvalue weighted by Crippen LogP contribution is 2.22. The van der Waals surface area contributed by atoms with Gasteiger partial charge in [-0.25, -0.2) is 0 Å². The zero-order valence-corrected chi connectivity index (χ0v) is 12.0. The number of benzene rings is 1. The SMILES string of the molecule is FC(F)(F)CCCCNCc1cc(Br)ccc1Cl. The van der Waals surface area contributed by atoms with Gasteiger partial charge in [0.15, 0.2) is 0 Å². The molecule has 0 unspecified atom stereocenters. The number of nitrogens with one attached hydrogen (secondary N) is 1. The Morgan fingerprint density at radius 1 is 1.22 bits per heavy atom. The van der Waals surface area contributed by atoms with E-state index in [0.29, 0.717) is 24.5 Å². The molecule has 102 valence electrons. The number of halogens is 5. The highest BCUT2D eigenvalue weighted by atomic mass is 79.9. The zero-order valence-electron chi connectivity index (χ0n) is 9.66. The molecule has 1 aromatic rings. The summed E-state index contributed by atoms with van der Waals surface area (Å²) in [6.07, 6.45) is -4.10. The summed E-state index contributed by atoms with van der Waals surface area (Å²) in [4.78, 5) is 0. The first-order chi connectivity index (χ1) is 8.38. The van der Waals surface area contributed by atoms with Crippen molar-refractivity contribution in [2.24, 2.45) is 0 Å². The predicted octanol–water partition coefficient (Wildman–Crippen LogP) is 4.92. The lowest BCUT2D eigenvalue weighted by atomic mass is 10.2. The third-order valence-electron chi connectivity index (χ3n) is 2.39. The van der Waals surface area contributed by atoms with E-state index < -0.39 is 12.6 Å². The summed E-state index contributed by atoms with van der Waals surface area (Å²) in [6.45, 7) is 1.11. The van der Waals surface area contributed by atoms with Gasteiger partial charge in [-0.05, 0) is 43.1 Å². The van der Waals surface area contributed by atoms with Gasteiger partial charge < -0.3 is 5.32 Å². The standard InChI is InChI=1S/C12H14BrClF3N/c13-10-3-4-11(14)9(7-10)8-18-6-2-1-5-12(15,16)17/h3-4,7,18H,1-2,5-6,8H2. The van der Waals surface area contributed by atoms with Gasteiger partial charge >= 0.3 is 6.18 Å². The highest BCUT2D eigenvalue weighted by Gasteiger charge is 2.25. The Morgan fingerprint density at radius 3 is 2.61 bits per heavy atom. The fourth-order valence-electron chi connectivity index (χ4n) is 1.48. The first-order valence-corrected chi connectivity index (χ1v) is 6.77. The van der Waals surface area contributed by atoms with Crippen molar-refractivity contribution in [3.8, 4) is 0 Å². The molecule has 0 amide bonds. The van der Waals surface area contributed by atoms with E-state index in [1.807, 2.05) is 12.1 Å². The first-order valence-electron chi connectivity index (χ1n) is 5.60. The lowest BCUT2D eigenvalue weighted by molar-refractivity contribution is -0.135. The summed E-state index contributed by atoms with van der Waals surface area (Å²) in [7, 11) is 0. The second-order valence-corrected chi connectivity index (χ2v) is 5.31. The Kier molecular flexibility index (Phi) is 6.46. The molecule has 0 aliphatic heterocycles. The molecular formula is C12H14BrClF3N. The Labute approximate surface area is 118 Å². The summed E-state index contributed by atoms with van der Waals surface area (Å²) >= 11 is 9.33. The molecule has 0 saturated heterocycles. The largest absolute Gasteiger partial charge is 0.389 e. The van der Waals surface area contributed by atoms with E-state index in [4.69, 9.17) is 11.6 Å². The van der Waals surface area contributed by atoms with Crippen LogP contribution in [0.1, 0.15) is 24.8 Å². The van der Waals surface area contributed by atoms with E-state index in [0.717, 1.165) is 10.0 Å². The quantitative estimate of drug-likeness (QED) is 0.722.